The van der Waals surface area contributed by atoms with Crippen molar-refractivity contribution in [1.82, 2.24) is 26.1 Å². The summed E-state index contributed by atoms with van der Waals surface area (Å²) in [5, 5.41) is 8.18. The SMILES string of the molecule is CC(C)C1OC(=O)[C@]2(/C=C/c3ccc4ccc(nc4c3)[C@@H](C)NC(=O)[C@@H]3CCCN(N3)C(=O)[C@H](C)NC1=O)CC[C@H](C)CC2. The molecular weight excluding hydrogens is 558 g/mol. The summed E-state index contributed by atoms with van der Waals surface area (Å²) in [6, 6.07) is 8.01. The number of carbonyl (C=O) groups excluding carboxylic acids is 4. The van der Waals surface area contributed by atoms with E-state index < -0.39 is 35.5 Å². The average Bonchev–Trinajstić information content (AvgIpc) is 3.01. The number of hydrogen-bond acceptors (Lipinski definition) is 7. The fourth-order valence-electron chi connectivity index (χ4n) is 6.30. The van der Waals surface area contributed by atoms with E-state index in [9.17, 15) is 19.2 Å². The lowest BCUT2D eigenvalue weighted by molar-refractivity contribution is -0.168. The summed E-state index contributed by atoms with van der Waals surface area (Å²) in [6.07, 6.45) is 7.02. The molecule has 1 unspecified atom stereocenters. The zero-order valence-electron chi connectivity index (χ0n) is 26.4. The number of ether oxygens (including phenoxy) is 1. The van der Waals surface area contributed by atoms with E-state index >= 15 is 0 Å². The Morgan fingerprint density at radius 1 is 0.932 bits per heavy atom. The number of nitrogens with zero attached hydrogens (tertiary/aromatic N) is 2. The summed E-state index contributed by atoms with van der Waals surface area (Å²) in [7, 11) is 0. The Kier molecular flexibility index (Phi) is 9.39. The Morgan fingerprint density at radius 2 is 1.64 bits per heavy atom. The Balaban J connectivity index is 1.53. The minimum Gasteiger partial charge on any atom is -0.451 e. The second-order valence-electron chi connectivity index (χ2n) is 13.2. The van der Waals surface area contributed by atoms with E-state index in [0.29, 0.717) is 38.1 Å². The molecule has 5 rings (SSSR count). The molecule has 5 bridgehead atoms. The maximum Gasteiger partial charge on any atom is 0.316 e. The van der Waals surface area contributed by atoms with E-state index in [-0.39, 0.29) is 23.8 Å². The third-order valence-corrected chi connectivity index (χ3v) is 9.30. The molecular formula is C34H45N5O5. The molecule has 4 atom stereocenters. The van der Waals surface area contributed by atoms with Crippen molar-refractivity contribution in [2.75, 3.05) is 6.54 Å². The second-order valence-corrected chi connectivity index (χ2v) is 13.2. The van der Waals surface area contributed by atoms with Crippen LogP contribution in [0.2, 0.25) is 0 Å². The number of amides is 3. The third-order valence-electron chi connectivity index (χ3n) is 9.30. The molecule has 2 aromatic rings. The van der Waals surface area contributed by atoms with Crippen molar-refractivity contribution in [2.45, 2.75) is 97.4 Å². The summed E-state index contributed by atoms with van der Waals surface area (Å²) >= 11 is 0. The predicted octanol–water partition coefficient (Wildman–Crippen LogP) is 4.20. The first-order valence-corrected chi connectivity index (χ1v) is 15.9. The van der Waals surface area contributed by atoms with Crippen molar-refractivity contribution >= 4 is 40.7 Å². The van der Waals surface area contributed by atoms with Crippen LogP contribution < -0.4 is 16.1 Å². The maximum absolute atomic E-state index is 14.0. The maximum atomic E-state index is 14.0. The number of nitrogens with one attached hydrogen (secondary N) is 3. The number of hydrazine groups is 1. The minimum absolute atomic E-state index is 0.227. The lowest BCUT2D eigenvalue weighted by atomic mass is 9.70. The van der Waals surface area contributed by atoms with Gasteiger partial charge in [-0.1, -0.05) is 51.1 Å². The Bertz CT molecular complexity index is 1450. The predicted molar refractivity (Wildman–Crippen MR) is 168 cm³/mol. The smallest absolute Gasteiger partial charge is 0.316 e. The number of carbonyl (C=O) groups is 4. The summed E-state index contributed by atoms with van der Waals surface area (Å²) < 4.78 is 6.01. The van der Waals surface area contributed by atoms with Crippen LogP contribution in [-0.4, -0.2) is 58.4 Å². The van der Waals surface area contributed by atoms with Crippen LogP contribution >= 0.6 is 0 Å². The van der Waals surface area contributed by atoms with Gasteiger partial charge in [0, 0.05) is 11.9 Å². The van der Waals surface area contributed by atoms with Gasteiger partial charge in [-0.05, 0) is 81.9 Å². The van der Waals surface area contributed by atoms with Crippen LogP contribution in [0.4, 0.5) is 0 Å². The average molecular weight is 604 g/mol. The van der Waals surface area contributed by atoms with Gasteiger partial charge in [0.25, 0.3) is 11.8 Å². The number of benzene rings is 1. The van der Waals surface area contributed by atoms with E-state index in [2.05, 4.69) is 23.0 Å². The van der Waals surface area contributed by atoms with Gasteiger partial charge in [0.15, 0.2) is 6.10 Å². The van der Waals surface area contributed by atoms with E-state index in [1.54, 1.807) is 6.92 Å². The highest BCUT2D eigenvalue weighted by Crippen LogP contribution is 2.42. The van der Waals surface area contributed by atoms with Crippen molar-refractivity contribution in [2.24, 2.45) is 17.3 Å². The van der Waals surface area contributed by atoms with E-state index in [1.165, 1.54) is 5.01 Å². The molecule has 1 aromatic carbocycles. The summed E-state index contributed by atoms with van der Waals surface area (Å²) in [4.78, 5) is 58.9. The molecule has 3 aliphatic rings. The molecule has 1 saturated carbocycles. The summed E-state index contributed by atoms with van der Waals surface area (Å²) in [5.41, 5.74) is 4.58. The molecule has 10 nitrogen and oxygen atoms in total. The van der Waals surface area contributed by atoms with Gasteiger partial charge in [-0.15, -0.1) is 0 Å². The van der Waals surface area contributed by atoms with Crippen molar-refractivity contribution in [3.8, 4) is 0 Å². The van der Waals surface area contributed by atoms with Crippen LogP contribution in [0.15, 0.2) is 36.4 Å². The van der Waals surface area contributed by atoms with Gasteiger partial charge >= 0.3 is 5.97 Å². The summed E-state index contributed by atoms with van der Waals surface area (Å²) in [6.45, 7) is 9.73. The number of esters is 1. The first kappa shape index (κ1) is 31.6. The van der Waals surface area contributed by atoms with Gasteiger partial charge in [0.05, 0.1) is 22.7 Å². The fraction of sp³-hybridized carbons (Fsp3) is 0.559. The highest BCUT2D eigenvalue weighted by Gasteiger charge is 2.43. The molecule has 10 heteroatoms. The first-order chi connectivity index (χ1) is 21.0. The molecule has 1 spiro atoms. The monoisotopic (exact) mass is 603 g/mol. The van der Waals surface area contributed by atoms with Gasteiger partial charge in [-0.2, -0.15) is 0 Å². The van der Waals surface area contributed by atoms with Crippen LogP contribution in [0.25, 0.3) is 17.0 Å². The molecule has 3 N–H and O–H groups in total. The van der Waals surface area contributed by atoms with Crippen molar-refractivity contribution in [1.29, 1.82) is 0 Å². The topological polar surface area (TPSA) is 130 Å². The second kappa shape index (κ2) is 13.1. The number of aromatic nitrogens is 1. The zero-order chi connectivity index (χ0) is 31.6. The molecule has 2 aliphatic heterocycles. The molecule has 44 heavy (non-hydrogen) atoms. The van der Waals surface area contributed by atoms with Gasteiger partial charge < -0.3 is 15.4 Å². The highest BCUT2D eigenvalue weighted by molar-refractivity contribution is 5.92. The third kappa shape index (κ3) is 6.80. The number of fused-ring (bicyclic) bond motifs is 4. The Morgan fingerprint density at radius 3 is 2.36 bits per heavy atom. The molecule has 0 radical (unpaired) electrons. The highest BCUT2D eigenvalue weighted by atomic mass is 16.5. The standard InChI is InChI=1S/C34H45N5O5/c1-20(2)29-31(41)36-23(5)32(42)39-18-6-7-27(38-39)30(40)35-22(4)26-11-10-25-9-8-24(19-28(25)37-26)14-17-34(33(43)44-29)15-12-21(3)13-16-34/h8-11,14,17,19-23,27,29,38H,6-7,12-13,15-16,18H2,1-5H3,(H,35,40)(H,36,41)/b17-14+/t21-,22-,23+,27+,29?,34+/m1/s1. The summed E-state index contributed by atoms with van der Waals surface area (Å²) in [5.74, 6) is -1.34. The van der Waals surface area contributed by atoms with E-state index in [4.69, 9.17) is 9.72 Å². The minimum atomic E-state index is -1.06. The molecule has 236 valence electrons. The van der Waals surface area contributed by atoms with Gasteiger partial charge in [0.2, 0.25) is 5.91 Å². The van der Waals surface area contributed by atoms with Crippen LogP contribution in [-0.2, 0) is 23.9 Å². The lowest BCUT2D eigenvalue weighted by Crippen LogP contribution is -2.61. The Hall–Kier alpha value is -3.79. The number of pyridine rings is 1. The first-order valence-electron chi connectivity index (χ1n) is 15.9. The van der Waals surface area contributed by atoms with Gasteiger partial charge in [-0.25, -0.2) is 5.43 Å². The number of hydrogen-bond donors (Lipinski definition) is 3. The zero-order valence-corrected chi connectivity index (χ0v) is 26.4. The van der Waals surface area contributed by atoms with Crippen LogP contribution in [0.3, 0.4) is 0 Å². The van der Waals surface area contributed by atoms with Crippen LogP contribution in [0, 0.1) is 17.3 Å². The van der Waals surface area contributed by atoms with Crippen LogP contribution in [0.1, 0.15) is 90.4 Å². The lowest BCUT2D eigenvalue weighted by Gasteiger charge is -2.37. The molecule has 1 saturated heterocycles. The molecule has 1 aliphatic carbocycles. The number of cyclic esters (lactones) is 1. The van der Waals surface area contributed by atoms with Gasteiger partial charge in [-0.3, -0.25) is 29.2 Å². The largest absolute Gasteiger partial charge is 0.451 e. The molecule has 1 aromatic heterocycles. The quantitative estimate of drug-likeness (QED) is 0.417. The normalized spacial score (nSPS) is 31.5. The van der Waals surface area contributed by atoms with Gasteiger partial charge in [0.1, 0.15) is 12.1 Å². The molecule has 3 amide bonds. The molecule has 2 fully saturated rings. The number of rotatable bonds is 1. The van der Waals surface area contributed by atoms with E-state index in [0.717, 1.165) is 35.0 Å². The van der Waals surface area contributed by atoms with Crippen molar-refractivity contribution in [3.63, 3.8) is 0 Å². The van der Waals surface area contributed by atoms with E-state index in [1.807, 2.05) is 63.3 Å². The van der Waals surface area contributed by atoms with Crippen molar-refractivity contribution < 1.29 is 23.9 Å². The molecule has 3 heterocycles. The van der Waals surface area contributed by atoms with Crippen molar-refractivity contribution in [3.05, 3.63) is 47.7 Å². The Labute approximate surface area is 259 Å². The fourth-order valence-corrected chi connectivity index (χ4v) is 6.30. The van der Waals surface area contributed by atoms with Crippen LogP contribution in [0.5, 0.6) is 0 Å².